The molecule has 0 aromatic heterocycles. The molecule has 0 spiro atoms. The van der Waals surface area contributed by atoms with Crippen LogP contribution >= 0.6 is 15.9 Å². The summed E-state index contributed by atoms with van der Waals surface area (Å²) >= 11 is 3.22. The topological polar surface area (TPSA) is 37.3 Å². The molecule has 2 aromatic rings. The molecule has 0 amide bonds. The number of rotatable bonds is 2. The van der Waals surface area contributed by atoms with Crippen LogP contribution in [0.5, 0.6) is 5.75 Å². The Balaban J connectivity index is 2.48. The zero-order valence-corrected chi connectivity index (χ0v) is 10.9. The van der Waals surface area contributed by atoms with E-state index in [4.69, 9.17) is 0 Å². The van der Waals surface area contributed by atoms with Crippen molar-refractivity contribution in [3.63, 3.8) is 0 Å². The van der Waals surface area contributed by atoms with Crippen molar-refractivity contribution >= 4 is 21.7 Å². The summed E-state index contributed by atoms with van der Waals surface area (Å²) in [6.45, 7) is 1.81. The Bertz CT molecular complexity index is 562. The number of hydrogen-bond donors (Lipinski definition) is 1. The smallest absolute Gasteiger partial charge is 0.193 e. The molecule has 0 atom stereocenters. The molecule has 0 saturated carbocycles. The normalized spacial score (nSPS) is 10.2. The van der Waals surface area contributed by atoms with Gasteiger partial charge in [-0.1, -0.05) is 30.3 Å². The highest BCUT2D eigenvalue weighted by atomic mass is 79.9. The number of halogens is 1. The van der Waals surface area contributed by atoms with Gasteiger partial charge in [0.2, 0.25) is 0 Å². The Morgan fingerprint density at radius 1 is 1.18 bits per heavy atom. The van der Waals surface area contributed by atoms with E-state index in [9.17, 15) is 9.90 Å². The van der Waals surface area contributed by atoms with Crippen molar-refractivity contribution in [2.45, 2.75) is 6.92 Å². The Morgan fingerprint density at radius 3 is 2.47 bits per heavy atom. The van der Waals surface area contributed by atoms with Gasteiger partial charge in [-0.3, -0.25) is 4.79 Å². The summed E-state index contributed by atoms with van der Waals surface area (Å²) in [5, 5.41) is 9.52. The largest absolute Gasteiger partial charge is 0.507 e. The third-order valence-electron chi connectivity index (χ3n) is 2.57. The van der Waals surface area contributed by atoms with Crippen LogP contribution < -0.4 is 0 Å². The molecule has 0 aliphatic heterocycles. The number of aryl methyl sites for hydroxylation is 1. The lowest BCUT2D eigenvalue weighted by Gasteiger charge is -2.07. The lowest BCUT2D eigenvalue weighted by Crippen LogP contribution is -2.03. The van der Waals surface area contributed by atoms with Gasteiger partial charge in [0.05, 0.1) is 4.47 Å². The lowest BCUT2D eigenvalue weighted by atomic mass is 9.99. The van der Waals surface area contributed by atoms with Crippen LogP contribution in [0.2, 0.25) is 0 Å². The number of ketones is 1. The maximum absolute atomic E-state index is 12.2. The third-order valence-corrected chi connectivity index (χ3v) is 3.21. The Kier molecular flexibility index (Phi) is 3.29. The van der Waals surface area contributed by atoms with Crippen LogP contribution in [0.25, 0.3) is 0 Å². The fourth-order valence-corrected chi connectivity index (χ4v) is 2.00. The quantitative estimate of drug-likeness (QED) is 0.857. The second-order valence-corrected chi connectivity index (χ2v) is 4.67. The molecule has 0 saturated heterocycles. The molecular formula is C14H11BrO2. The number of aromatic hydroxyl groups is 1. The van der Waals surface area contributed by atoms with Crippen molar-refractivity contribution in [3.05, 3.63) is 63.6 Å². The highest BCUT2D eigenvalue weighted by molar-refractivity contribution is 9.10. The summed E-state index contributed by atoms with van der Waals surface area (Å²) in [4.78, 5) is 12.2. The molecule has 2 nitrogen and oxygen atoms in total. The van der Waals surface area contributed by atoms with Crippen molar-refractivity contribution in [2.75, 3.05) is 0 Å². The zero-order valence-electron chi connectivity index (χ0n) is 9.27. The van der Waals surface area contributed by atoms with Gasteiger partial charge in [0.1, 0.15) is 5.75 Å². The van der Waals surface area contributed by atoms with E-state index in [0.29, 0.717) is 15.6 Å². The van der Waals surface area contributed by atoms with Crippen molar-refractivity contribution < 1.29 is 9.90 Å². The van der Waals surface area contributed by atoms with Gasteiger partial charge < -0.3 is 5.11 Å². The zero-order chi connectivity index (χ0) is 12.4. The lowest BCUT2D eigenvalue weighted by molar-refractivity contribution is 0.103. The van der Waals surface area contributed by atoms with Gasteiger partial charge in [0, 0.05) is 11.1 Å². The minimum Gasteiger partial charge on any atom is -0.507 e. The van der Waals surface area contributed by atoms with E-state index in [0.717, 1.165) is 5.56 Å². The van der Waals surface area contributed by atoms with Crippen LogP contribution in [0.1, 0.15) is 21.5 Å². The standard InChI is InChI=1S/C14H11BrO2/c1-9-7-13(16)12(15)8-11(9)14(17)10-5-3-2-4-6-10/h2-8,16H,1H3. The van der Waals surface area contributed by atoms with Gasteiger partial charge in [0.15, 0.2) is 5.78 Å². The molecule has 0 heterocycles. The molecule has 1 N–H and O–H groups in total. The molecule has 0 radical (unpaired) electrons. The molecule has 2 rings (SSSR count). The second kappa shape index (κ2) is 4.72. The Labute approximate surface area is 108 Å². The van der Waals surface area contributed by atoms with Crippen molar-refractivity contribution in [1.29, 1.82) is 0 Å². The molecule has 0 aliphatic rings. The molecule has 0 bridgehead atoms. The van der Waals surface area contributed by atoms with E-state index < -0.39 is 0 Å². The van der Waals surface area contributed by atoms with Crippen LogP contribution in [0, 0.1) is 6.92 Å². The average Bonchev–Trinajstić information content (AvgIpc) is 2.34. The molecule has 17 heavy (non-hydrogen) atoms. The number of hydrogen-bond acceptors (Lipinski definition) is 2. The highest BCUT2D eigenvalue weighted by Gasteiger charge is 2.13. The average molecular weight is 291 g/mol. The van der Waals surface area contributed by atoms with Crippen molar-refractivity contribution in [2.24, 2.45) is 0 Å². The minimum absolute atomic E-state index is 0.0381. The van der Waals surface area contributed by atoms with E-state index >= 15 is 0 Å². The first-order valence-corrected chi connectivity index (χ1v) is 5.98. The van der Waals surface area contributed by atoms with E-state index in [2.05, 4.69) is 15.9 Å². The maximum atomic E-state index is 12.2. The minimum atomic E-state index is -0.0381. The predicted octanol–water partition coefficient (Wildman–Crippen LogP) is 3.69. The van der Waals surface area contributed by atoms with E-state index in [1.54, 1.807) is 24.3 Å². The first-order chi connectivity index (χ1) is 8.09. The first kappa shape index (κ1) is 11.9. The fraction of sp³-hybridized carbons (Fsp3) is 0.0714. The van der Waals surface area contributed by atoms with Crippen LogP contribution in [-0.2, 0) is 0 Å². The monoisotopic (exact) mass is 290 g/mol. The summed E-state index contributed by atoms with van der Waals surface area (Å²) in [6.07, 6.45) is 0. The van der Waals surface area contributed by atoms with Crippen LogP contribution in [0.3, 0.4) is 0 Å². The number of phenolic OH excluding ortho intramolecular Hbond substituents is 1. The van der Waals surface area contributed by atoms with E-state index in [1.165, 1.54) is 0 Å². The maximum Gasteiger partial charge on any atom is 0.193 e. The fourth-order valence-electron chi connectivity index (χ4n) is 1.66. The molecular weight excluding hydrogens is 280 g/mol. The number of carbonyl (C=O) groups is 1. The highest BCUT2D eigenvalue weighted by Crippen LogP contribution is 2.28. The number of phenols is 1. The summed E-state index contributed by atoms with van der Waals surface area (Å²) in [5.41, 5.74) is 2.01. The van der Waals surface area contributed by atoms with E-state index in [1.807, 2.05) is 25.1 Å². The number of benzene rings is 2. The van der Waals surface area contributed by atoms with Crippen LogP contribution in [0.4, 0.5) is 0 Å². The molecule has 0 fully saturated rings. The Morgan fingerprint density at radius 2 is 1.82 bits per heavy atom. The van der Waals surface area contributed by atoms with Gasteiger partial charge in [-0.15, -0.1) is 0 Å². The summed E-state index contributed by atoms with van der Waals surface area (Å²) < 4.78 is 0.530. The van der Waals surface area contributed by atoms with Gasteiger partial charge in [-0.05, 0) is 40.5 Å². The van der Waals surface area contributed by atoms with E-state index in [-0.39, 0.29) is 11.5 Å². The third kappa shape index (κ3) is 2.39. The molecule has 3 heteroatoms. The first-order valence-electron chi connectivity index (χ1n) is 5.18. The van der Waals surface area contributed by atoms with Crippen LogP contribution in [0.15, 0.2) is 46.9 Å². The predicted molar refractivity (Wildman–Crippen MR) is 70.4 cm³/mol. The second-order valence-electron chi connectivity index (χ2n) is 3.81. The van der Waals surface area contributed by atoms with Crippen molar-refractivity contribution in [3.8, 4) is 5.75 Å². The number of carbonyl (C=O) groups excluding carboxylic acids is 1. The SMILES string of the molecule is Cc1cc(O)c(Br)cc1C(=O)c1ccccc1. The van der Waals surface area contributed by atoms with Crippen molar-refractivity contribution in [1.82, 2.24) is 0 Å². The molecule has 2 aromatic carbocycles. The molecule has 86 valence electrons. The van der Waals surface area contributed by atoms with Crippen LogP contribution in [-0.4, -0.2) is 10.9 Å². The molecule has 0 unspecified atom stereocenters. The van der Waals surface area contributed by atoms with Gasteiger partial charge in [-0.25, -0.2) is 0 Å². The van der Waals surface area contributed by atoms with Gasteiger partial charge >= 0.3 is 0 Å². The summed E-state index contributed by atoms with van der Waals surface area (Å²) in [7, 11) is 0. The van der Waals surface area contributed by atoms with Gasteiger partial charge in [0.25, 0.3) is 0 Å². The summed E-state index contributed by atoms with van der Waals surface area (Å²) in [6, 6.07) is 12.3. The Hall–Kier alpha value is -1.61. The summed E-state index contributed by atoms with van der Waals surface area (Å²) in [5.74, 6) is 0.107. The van der Waals surface area contributed by atoms with Gasteiger partial charge in [-0.2, -0.15) is 0 Å². The molecule has 0 aliphatic carbocycles.